The molecule has 24 heavy (non-hydrogen) atoms. The van der Waals surface area contributed by atoms with Gasteiger partial charge in [-0.1, -0.05) is 0 Å². The first-order valence-electron chi connectivity index (χ1n) is 8.29. The number of hydrogen-bond acceptors (Lipinski definition) is 6. The van der Waals surface area contributed by atoms with Gasteiger partial charge in [0.05, 0.1) is 19.8 Å². The summed E-state index contributed by atoms with van der Waals surface area (Å²) in [6, 6.07) is -1.46. The monoisotopic (exact) mass is 342 g/mol. The summed E-state index contributed by atoms with van der Waals surface area (Å²) in [5.74, 6) is -0.681. The topological polar surface area (TPSA) is 85.4 Å². The molecule has 0 N–H and O–H groups in total. The molecule has 0 aromatic heterocycles. The molecule has 2 atom stereocenters. The second kappa shape index (κ2) is 7.38. The van der Waals surface area contributed by atoms with Crippen LogP contribution in [0.3, 0.4) is 0 Å². The van der Waals surface area contributed by atoms with Crippen molar-refractivity contribution < 1.29 is 28.6 Å². The summed E-state index contributed by atoms with van der Waals surface area (Å²) in [6.45, 7) is 9.07. The van der Waals surface area contributed by atoms with E-state index < -0.39 is 29.7 Å². The molecule has 2 rings (SSSR count). The molecule has 0 aromatic rings. The quantitative estimate of drug-likeness (QED) is 0.705. The Balaban J connectivity index is 2.10. The van der Waals surface area contributed by atoms with Crippen molar-refractivity contribution in [1.29, 1.82) is 0 Å². The van der Waals surface area contributed by atoms with Crippen molar-refractivity contribution in [3.05, 3.63) is 0 Å². The van der Waals surface area contributed by atoms with Crippen LogP contribution >= 0.6 is 0 Å². The van der Waals surface area contributed by atoms with Gasteiger partial charge in [-0.2, -0.15) is 0 Å². The zero-order chi connectivity index (χ0) is 17.9. The number of hydrogen-bond donors (Lipinski definition) is 0. The van der Waals surface area contributed by atoms with Gasteiger partial charge in [0.1, 0.15) is 17.7 Å². The molecule has 0 radical (unpaired) electrons. The van der Waals surface area contributed by atoms with Gasteiger partial charge in [0.25, 0.3) is 0 Å². The summed E-state index contributed by atoms with van der Waals surface area (Å²) in [7, 11) is 0. The van der Waals surface area contributed by atoms with Crippen LogP contribution in [0.4, 0.5) is 4.79 Å². The Hall–Kier alpha value is -1.83. The van der Waals surface area contributed by atoms with Crippen molar-refractivity contribution in [2.24, 2.45) is 0 Å². The summed E-state index contributed by atoms with van der Waals surface area (Å²) < 4.78 is 15.6. The molecule has 2 saturated heterocycles. The molecule has 2 heterocycles. The SMILES string of the molecule is CCOC(=O)C1CC(C(=O)N2CCOCC2)N1C(=O)OC(C)(C)C. The predicted octanol–water partition coefficient (Wildman–Crippen LogP) is 0.786. The number of likely N-dealkylation sites (tertiary alicyclic amines) is 1. The van der Waals surface area contributed by atoms with Crippen molar-refractivity contribution in [3.63, 3.8) is 0 Å². The van der Waals surface area contributed by atoms with E-state index in [1.165, 1.54) is 4.90 Å². The largest absolute Gasteiger partial charge is 0.464 e. The van der Waals surface area contributed by atoms with Crippen LogP contribution in [0.5, 0.6) is 0 Å². The highest BCUT2D eigenvalue weighted by atomic mass is 16.6. The summed E-state index contributed by atoms with van der Waals surface area (Å²) >= 11 is 0. The number of amides is 2. The van der Waals surface area contributed by atoms with Crippen LogP contribution in [0.25, 0.3) is 0 Å². The molecule has 0 saturated carbocycles. The maximum atomic E-state index is 12.7. The highest BCUT2D eigenvalue weighted by molar-refractivity contribution is 5.93. The molecule has 2 unspecified atom stereocenters. The highest BCUT2D eigenvalue weighted by Gasteiger charge is 2.52. The van der Waals surface area contributed by atoms with E-state index in [-0.39, 0.29) is 18.9 Å². The normalized spacial score (nSPS) is 24.2. The lowest BCUT2D eigenvalue weighted by atomic mass is 9.92. The van der Waals surface area contributed by atoms with E-state index in [4.69, 9.17) is 14.2 Å². The smallest absolute Gasteiger partial charge is 0.411 e. The van der Waals surface area contributed by atoms with Crippen molar-refractivity contribution in [2.75, 3.05) is 32.9 Å². The molecule has 136 valence electrons. The first-order valence-corrected chi connectivity index (χ1v) is 8.29. The molecule has 0 aliphatic carbocycles. The van der Waals surface area contributed by atoms with Crippen molar-refractivity contribution in [2.45, 2.75) is 51.8 Å². The van der Waals surface area contributed by atoms with Gasteiger partial charge in [0.15, 0.2) is 0 Å². The maximum Gasteiger partial charge on any atom is 0.411 e. The standard InChI is InChI=1S/C16H26N2O6/c1-5-23-14(20)12-10-11(13(19)17-6-8-22-9-7-17)18(12)15(21)24-16(2,3)4/h11-12H,5-10H2,1-4H3. The molecule has 2 fully saturated rings. The number of carbonyl (C=O) groups excluding carboxylic acids is 3. The molecule has 0 bridgehead atoms. The number of nitrogens with zero attached hydrogens (tertiary/aromatic N) is 2. The van der Waals surface area contributed by atoms with Crippen LogP contribution in [-0.4, -0.2) is 78.4 Å². The number of ether oxygens (including phenoxy) is 3. The molecule has 8 heteroatoms. The number of morpholine rings is 1. The van der Waals surface area contributed by atoms with Gasteiger partial charge < -0.3 is 19.1 Å². The van der Waals surface area contributed by atoms with Crippen LogP contribution in [-0.2, 0) is 23.8 Å². The second-order valence-electron chi connectivity index (χ2n) is 6.84. The Morgan fingerprint density at radius 3 is 2.29 bits per heavy atom. The van der Waals surface area contributed by atoms with Crippen LogP contribution in [0, 0.1) is 0 Å². The average Bonchev–Trinajstić information content (AvgIpc) is 2.45. The van der Waals surface area contributed by atoms with Gasteiger partial charge >= 0.3 is 12.1 Å². The minimum absolute atomic E-state index is 0.176. The van der Waals surface area contributed by atoms with Crippen LogP contribution in [0.2, 0.25) is 0 Å². The first-order chi connectivity index (χ1) is 11.2. The van der Waals surface area contributed by atoms with Gasteiger partial charge in [-0.25, -0.2) is 9.59 Å². The van der Waals surface area contributed by atoms with Gasteiger partial charge in [-0.3, -0.25) is 9.69 Å². The Kier molecular flexibility index (Phi) is 5.69. The predicted molar refractivity (Wildman–Crippen MR) is 84.3 cm³/mol. The Morgan fingerprint density at radius 1 is 1.12 bits per heavy atom. The van der Waals surface area contributed by atoms with Gasteiger partial charge in [0.2, 0.25) is 5.91 Å². The third-order valence-corrected chi connectivity index (χ3v) is 3.89. The Bertz CT molecular complexity index is 495. The zero-order valence-electron chi connectivity index (χ0n) is 14.7. The Labute approximate surface area is 142 Å². The van der Waals surface area contributed by atoms with Crippen molar-refractivity contribution in [1.82, 2.24) is 9.80 Å². The number of rotatable bonds is 3. The van der Waals surface area contributed by atoms with Crippen molar-refractivity contribution in [3.8, 4) is 0 Å². The lowest BCUT2D eigenvalue weighted by Crippen LogP contribution is -2.68. The van der Waals surface area contributed by atoms with Crippen LogP contribution in [0.15, 0.2) is 0 Å². The maximum absolute atomic E-state index is 12.7. The number of carbonyl (C=O) groups is 3. The molecular weight excluding hydrogens is 316 g/mol. The molecule has 2 aliphatic rings. The van der Waals surface area contributed by atoms with E-state index >= 15 is 0 Å². The molecule has 8 nitrogen and oxygen atoms in total. The minimum atomic E-state index is -0.769. The molecule has 0 spiro atoms. The fraction of sp³-hybridized carbons (Fsp3) is 0.812. The van der Waals surface area contributed by atoms with Crippen LogP contribution in [0.1, 0.15) is 34.1 Å². The van der Waals surface area contributed by atoms with Gasteiger partial charge in [-0.15, -0.1) is 0 Å². The fourth-order valence-electron chi connectivity index (χ4n) is 2.75. The molecule has 0 aromatic carbocycles. The Morgan fingerprint density at radius 2 is 1.75 bits per heavy atom. The lowest BCUT2D eigenvalue weighted by molar-refractivity contribution is -0.164. The van der Waals surface area contributed by atoms with E-state index in [9.17, 15) is 14.4 Å². The minimum Gasteiger partial charge on any atom is -0.464 e. The van der Waals surface area contributed by atoms with Crippen molar-refractivity contribution >= 4 is 18.0 Å². The third-order valence-electron chi connectivity index (χ3n) is 3.89. The van der Waals surface area contributed by atoms with Crippen LogP contribution < -0.4 is 0 Å². The molecular formula is C16H26N2O6. The van der Waals surface area contributed by atoms with E-state index in [0.717, 1.165) is 0 Å². The van der Waals surface area contributed by atoms with E-state index in [1.807, 2.05) is 0 Å². The molecule has 2 amide bonds. The first kappa shape index (κ1) is 18.5. The van der Waals surface area contributed by atoms with Gasteiger partial charge in [-0.05, 0) is 27.7 Å². The zero-order valence-corrected chi connectivity index (χ0v) is 14.7. The van der Waals surface area contributed by atoms with Gasteiger partial charge in [0, 0.05) is 19.5 Å². The molecule has 2 aliphatic heterocycles. The summed E-state index contributed by atoms with van der Waals surface area (Å²) in [4.78, 5) is 40.0. The highest BCUT2D eigenvalue weighted by Crippen LogP contribution is 2.30. The number of esters is 1. The third kappa shape index (κ3) is 4.17. The second-order valence-corrected chi connectivity index (χ2v) is 6.84. The van der Waals surface area contributed by atoms with E-state index in [0.29, 0.717) is 26.3 Å². The van der Waals surface area contributed by atoms with E-state index in [2.05, 4.69) is 0 Å². The summed E-state index contributed by atoms with van der Waals surface area (Å²) in [5.41, 5.74) is -0.710. The average molecular weight is 342 g/mol. The summed E-state index contributed by atoms with van der Waals surface area (Å²) in [5, 5.41) is 0. The lowest BCUT2D eigenvalue weighted by Gasteiger charge is -2.47. The summed E-state index contributed by atoms with van der Waals surface area (Å²) in [6.07, 6.45) is -0.410. The van der Waals surface area contributed by atoms with E-state index in [1.54, 1.807) is 32.6 Å². The fourth-order valence-corrected chi connectivity index (χ4v) is 2.75.